The Morgan fingerprint density at radius 3 is 2.80 bits per heavy atom. The fourth-order valence-electron chi connectivity index (χ4n) is 2.31. The third-order valence-electron chi connectivity index (χ3n) is 3.25. The molecular weight excluding hydrogens is 275 g/mol. The molecule has 2 aromatic carbocycles. The molecule has 0 radical (unpaired) electrons. The molecule has 20 heavy (non-hydrogen) atoms. The molecule has 1 aromatic heterocycles. The molecule has 0 aliphatic heterocycles. The second-order valence-corrected chi connectivity index (χ2v) is 5.03. The molecule has 0 spiro atoms. The first-order valence-electron chi connectivity index (χ1n) is 6.47. The highest BCUT2D eigenvalue weighted by Gasteiger charge is 2.05. The maximum Gasteiger partial charge on any atom is 0.125 e. The van der Waals surface area contributed by atoms with Gasteiger partial charge in [-0.15, -0.1) is 0 Å². The van der Waals surface area contributed by atoms with Crippen molar-refractivity contribution >= 4 is 28.2 Å². The molecule has 102 valence electrons. The third-order valence-corrected chi connectivity index (χ3v) is 3.55. The van der Waals surface area contributed by atoms with Gasteiger partial charge in [-0.2, -0.15) is 0 Å². The van der Waals surface area contributed by atoms with E-state index < -0.39 is 0 Å². The number of fused-ring (bicyclic) bond motifs is 1. The largest absolute Gasteiger partial charge is 0.383 e. The average molecular weight is 289 g/mol. The summed E-state index contributed by atoms with van der Waals surface area (Å²) in [6, 6.07) is 14.5. The van der Waals surface area contributed by atoms with Crippen molar-refractivity contribution in [1.29, 1.82) is 0 Å². The molecule has 0 unspecified atom stereocenters. The lowest BCUT2D eigenvalue weighted by atomic mass is 10.2. The Hall–Kier alpha value is -2.00. The van der Waals surface area contributed by atoms with Crippen molar-refractivity contribution in [1.82, 2.24) is 4.57 Å². The summed E-state index contributed by atoms with van der Waals surface area (Å²) in [4.78, 5) is 0. The summed E-state index contributed by atoms with van der Waals surface area (Å²) in [7, 11) is 0. The Bertz CT molecular complexity index is 736. The molecule has 0 saturated carbocycles. The second-order valence-electron chi connectivity index (χ2n) is 4.62. The standard InChI is InChI=1S/C16H14ClFN2/c17-15-11-20(16-7-2-1-6-14(15)16)9-8-19-13-5-3-4-12(18)10-13/h1-7,10-11,19H,8-9H2. The number of benzene rings is 2. The lowest BCUT2D eigenvalue weighted by molar-refractivity contribution is 0.628. The van der Waals surface area contributed by atoms with Gasteiger partial charge in [0, 0.05) is 35.9 Å². The summed E-state index contributed by atoms with van der Waals surface area (Å²) in [5.74, 6) is -0.232. The van der Waals surface area contributed by atoms with Crippen LogP contribution in [-0.4, -0.2) is 11.1 Å². The van der Waals surface area contributed by atoms with Crippen molar-refractivity contribution in [3.05, 3.63) is 65.6 Å². The Kier molecular flexibility index (Phi) is 3.61. The zero-order chi connectivity index (χ0) is 13.9. The van der Waals surface area contributed by atoms with E-state index in [9.17, 15) is 4.39 Å². The van der Waals surface area contributed by atoms with Crippen molar-refractivity contribution < 1.29 is 4.39 Å². The first kappa shape index (κ1) is 13.0. The van der Waals surface area contributed by atoms with Gasteiger partial charge >= 0.3 is 0 Å². The predicted octanol–water partition coefficient (Wildman–Crippen LogP) is 4.55. The maximum atomic E-state index is 13.1. The first-order valence-corrected chi connectivity index (χ1v) is 6.84. The van der Waals surface area contributed by atoms with E-state index in [1.807, 2.05) is 36.5 Å². The Labute approximate surface area is 121 Å². The van der Waals surface area contributed by atoms with Crippen LogP contribution in [0.3, 0.4) is 0 Å². The minimum Gasteiger partial charge on any atom is -0.383 e. The number of anilines is 1. The molecular formula is C16H14ClFN2. The molecule has 2 nitrogen and oxygen atoms in total. The van der Waals surface area contributed by atoms with Gasteiger partial charge in [0.15, 0.2) is 0 Å². The predicted molar refractivity (Wildman–Crippen MR) is 81.8 cm³/mol. The zero-order valence-electron chi connectivity index (χ0n) is 10.8. The molecule has 0 aliphatic rings. The normalized spacial score (nSPS) is 10.9. The summed E-state index contributed by atoms with van der Waals surface area (Å²) >= 11 is 6.20. The number of rotatable bonds is 4. The Morgan fingerprint density at radius 2 is 1.95 bits per heavy atom. The molecule has 3 aromatic rings. The smallest absolute Gasteiger partial charge is 0.125 e. The van der Waals surface area contributed by atoms with Crippen molar-refractivity contribution in [2.24, 2.45) is 0 Å². The minimum atomic E-state index is -0.232. The van der Waals surface area contributed by atoms with Crippen LogP contribution in [0.25, 0.3) is 10.9 Å². The molecule has 3 rings (SSSR count). The lowest BCUT2D eigenvalue weighted by Gasteiger charge is -2.08. The van der Waals surface area contributed by atoms with E-state index in [-0.39, 0.29) is 5.82 Å². The minimum absolute atomic E-state index is 0.232. The molecule has 1 heterocycles. The van der Waals surface area contributed by atoms with E-state index in [4.69, 9.17) is 11.6 Å². The summed E-state index contributed by atoms with van der Waals surface area (Å²) in [6.45, 7) is 1.47. The highest BCUT2D eigenvalue weighted by molar-refractivity contribution is 6.35. The van der Waals surface area contributed by atoms with E-state index in [2.05, 4.69) is 9.88 Å². The van der Waals surface area contributed by atoms with Crippen LogP contribution in [0.15, 0.2) is 54.7 Å². The van der Waals surface area contributed by atoms with Gasteiger partial charge in [-0.25, -0.2) is 4.39 Å². The molecule has 0 atom stereocenters. The molecule has 0 amide bonds. The van der Waals surface area contributed by atoms with Gasteiger partial charge in [0.05, 0.1) is 5.02 Å². The summed E-state index contributed by atoms with van der Waals surface area (Å²) in [5.41, 5.74) is 1.89. The molecule has 0 bridgehead atoms. The van der Waals surface area contributed by atoms with Crippen LogP contribution in [0.1, 0.15) is 0 Å². The van der Waals surface area contributed by atoms with Gasteiger partial charge in [-0.3, -0.25) is 0 Å². The number of aromatic nitrogens is 1. The monoisotopic (exact) mass is 288 g/mol. The Balaban J connectivity index is 1.71. The number of hydrogen-bond acceptors (Lipinski definition) is 1. The number of para-hydroxylation sites is 1. The molecule has 0 saturated heterocycles. The Morgan fingerprint density at radius 1 is 1.10 bits per heavy atom. The van der Waals surface area contributed by atoms with Crippen LogP contribution in [0, 0.1) is 5.82 Å². The molecule has 4 heteroatoms. The second kappa shape index (κ2) is 5.55. The quantitative estimate of drug-likeness (QED) is 0.745. The van der Waals surface area contributed by atoms with Crippen molar-refractivity contribution in [3.8, 4) is 0 Å². The first-order chi connectivity index (χ1) is 9.74. The molecule has 1 N–H and O–H groups in total. The van der Waals surface area contributed by atoms with Crippen molar-refractivity contribution in [2.75, 3.05) is 11.9 Å². The molecule has 0 fully saturated rings. The van der Waals surface area contributed by atoms with E-state index in [1.165, 1.54) is 12.1 Å². The van der Waals surface area contributed by atoms with Crippen LogP contribution >= 0.6 is 11.6 Å². The van der Waals surface area contributed by atoms with E-state index in [0.717, 1.165) is 28.2 Å². The van der Waals surface area contributed by atoms with Gasteiger partial charge < -0.3 is 9.88 Å². The van der Waals surface area contributed by atoms with Gasteiger partial charge in [0.1, 0.15) is 5.82 Å². The number of halogens is 2. The SMILES string of the molecule is Fc1cccc(NCCn2cc(Cl)c3ccccc32)c1. The number of hydrogen-bond donors (Lipinski definition) is 1. The topological polar surface area (TPSA) is 17.0 Å². The maximum absolute atomic E-state index is 13.1. The zero-order valence-corrected chi connectivity index (χ0v) is 11.6. The van der Waals surface area contributed by atoms with Gasteiger partial charge in [0.2, 0.25) is 0 Å². The van der Waals surface area contributed by atoms with Gasteiger partial charge in [0.25, 0.3) is 0 Å². The van der Waals surface area contributed by atoms with E-state index in [1.54, 1.807) is 6.07 Å². The number of nitrogens with zero attached hydrogens (tertiary/aromatic N) is 1. The van der Waals surface area contributed by atoms with Crippen LogP contribution in [-0.2, 0) is 6.54 Å². The van der Waals surface area contributed by atoms with Crippen LogP contribution < -0.4 is 5.32 Å². The van der Waals surface area contributed by atoms with E-state index in [0.29, 0.717) is 6.54 Å². The van der Waals surface area contributed by atoms with Crippen LogP contribution in [0.4, 0.5) is 10.1 Å². The average Bonchev–Trinajstić information content (AvgIpc) is 2.77. The fourth-order valence-corrected chi connectivity index (χ4v) is 2.58. The highest BCUT2D eigenvalue weighted by Crippen LogP contribution is 2.25. The fraction of sp³-hybridized carbons (Fsp3) is 0.125. The summed E-state index contributed by atoms with van der Waals surface area (Å²) < 4.78 is 15.2. The van der Waals surface area contributed by atoms with Crippen molar-refractivity contribution in [3.63, 3.8) is 0 Å². The summed E-state index contributed by atoms with van der Waals surface area (Å²) in [5, 5.41) is 5.02. The number of nitrogens with one attached hydrogen (secondary N) is 1. The highest BCUT2D eigenvalue weighted by atomic mass is 35.5. The van der Waals surface area contributed by atoms with E-state index >= 15 is 0 Å². The summed E-state index contributed by atoms with van der Waals surface area (Å²) in [6.07, 6.45) is 1.93. The third kappa shape index (κ3) is 2.63. The molecule has 0 aliphatic carbocycles. The lowest BCUT2D eigenvalue weighted by Crippen LogP contribution is -2.09. The van der Waals surface area contributed by atoms with Gasteiger partial charge in [-0.05, 0) is 24.3 Å². The van der Waals surface area contributed by atoms with Crippen LogP contribution in [0.2, 0.25) is 5.02 Å². The van der Waals surface area contributed by atoms with Gasteiger partial charge in [-0.1, -0.05) is 35.9 Å². The van der Waals surface area contributed by atoms with Crippen LogP contribution in [0.5, 0.6) is 0 Å². The van der Waals surface area contributed by atoms with Crippen molar-refractivity contribution in [2.45, 2.75) is 6.54 Å².